The van der Waals surface area contributed by atoms with Crippen molar-refractivity contribution in [1.29, 1.82) is 0 Å². The van der Waals surface area contributed by atoms with E-state index >= 15 is 0 Å². The molecule has 4 atom stereocenters. The lowest BCUT2D eigenvalue weighted by atomic mass is 9.85. The molecule has 144 valence electrons. The molecule has 0 spiro atoms. The van der Waals surface area contributed by atoms with Crippen LogP contribution in [0.4, 0.5) is 5.69 Å². The Kier molecular flexibility index (Phi) is 6.34. The molecule has 1 fully saturated rings. The number of thiophene rings is 1. The fourth-order valence-electron chi connectivity index (χ4n) is 4.09. The van der Waals surface area contributed by atoms with Crippen LogP contribution in [0.2, 0.25) is 0 Å². The van der Waals surface area contributed by atoms with Crippen molar-refractivity contribution in [2.75, 3.05) is 5.73 Å². The van der Waals surface area contributed by atoms with Crippen LogP contribution in [0.3, 0.4) is 0 Å². The first kappa shape index (κ1) is 19.6. The SMILES string of the molecule is C=C(O)c1ccc(CCC[C@H]2C(C)C[C@@H](O)C2/C=C/c2cncc(N)c2)s1. The first-order chi connectivity index (χ1) is 12.9. The molecule has 3 rings (SSSR count). The molecule has 1 saturated carbocycles. The number of aryl methyl sites for hydroxylation is 1. The molecule has 5 heteroatoms. The maximum atomic E-state index is 10.5. The van der Waals surface area contributed by atoms with E-state index in [-0.39, 0.29) is 17.8 Å². The van der Waals surface area contributed by atoms with Gasteiger partial charge in [0.1, 0.15) is 5.76 Å². The highest BCUT2D eigenvalue weighted by Crippen LogP contribution is 2.41. The van der Waals surface area contributed by atoms with Gasteiger partial charge in [0.2, 0.25) is 0 Å². The van der Waals surface area contributed by atoms with E-state index < -0.39 is 0 Å². The summed E-state index contributed by atoms with van der Waals surface area (Å²) in [6.45, 7) is 5.82. The quantitative estimate of drug-likeness (QED) is 0.592. The van der Waals surface area contributed by atoms with Gasteiger partial charge < -0.3 is 15.9 Å². The third-order valence-electron chi connectivity index (χ3n) is 5.48. The highest BCUT2D eigenvalue weighted by Gasteiger charge is 2.38. The Bertz CT molecular complexity index is 814. The summed E-state index contributed by atoms with van der Waals surface area (Å²) >= 11 is 1.60. The minimum Gasteiger partial charge on any atom is -0.507 e. The second-order valence-corrected chi connectivity index (χ2v) is 8.71. The van der Waals surface area contributed by atoms with Crippen molar-refractivity contribution in [3.8, 4) is 0 Å². The van der Waals surface area contributed by atoms with E-state index in [0.717, 1.165) is 36.1 Å². The maximum Gasteiger partial charge on any atom is 0.125 e. The number of rotatable bonds is 7. The molecular formula is C22H28N2O2S. The van der Waals surface area contributed by atoms with E-state index in [0.29, 0.717) is 17.5 Å². The molecule has 0 aromatic carbocycles. The molecule has 0 aliphatic heterocycles. The van der Waals surface area contributed by atoms with Gasteiger partial charge in [-0.2, -0.15) is 0 Å². The Morgan fingerprint density at radius 1 is 1.41 bits per heavy atom. The van der Waals surface area contributed by atoms with Crippen LogP contribution < -0.4 is 5.73 Å². The van der Waals surface area contributed by atoms with E-state index in [1.165, 1.54) is 4.88 Å². The van der Waals surface area contributed by atoms with Gasteiger partial charge in [0.25, 0.3) is 0 Å². The number of hydrogen-bond donors (Lipinski definition) is 3. The second kappa shape index (κ2) is 8.72. The van der Waals surface area contributed by atoms with Crippen molar-refractivity contribution in [3.63, 3.8) is 0 Å². The second-order valence-electron chi connectivity index (χ2n) is 7.54. The van der Waals surface area contributed by atoms with Crippen molar-refractivity contribution in [2.24, 2.45) is 17.8 Å². The number of pyridine rings is 1. The number of nitrogens with two attached hydrogens (primary N) is 1. The Labute approximate surface area is 165 Å². The monoisotopic (exact) mass is 384 g/mol. The normalized spacial score (nSPS) is 25.3. The number of aliphatic hydroxyl groups excluding tert-OH is 2. The zero-order valence-corrected chi connectivity index (χ0v) is 16.5. The summed E-state index contributed by atoms with van der Waals surface area (Å²) in [5.74, 6) is 1.28. The Balaban J connectivity index is 1.60. The number of aromatic nitrogens is 1. The molecule has 4 nitrogen and oxygen atoms in total. The van der Waals surface area contributed by atoms with Gasteiger partial charge in [-0.1, -0.05) is 25.7 Å². The van der Waals surface area contributed by atoms with Gasteiger partial charge in [-0.3, -0.25) is 4.98 Å². The van der Waals surface area contributed by atoms with Crippen LogP contribution in [0.25, 0.3) is 11.8 Å². The zero-order valence-electron chi connectivity index (χ0n) is 15.7. The van der Waals surface area contributed by atoms with Crippen molar-refractivity contribution in [3.05, 3.63) is 58.6 Å². The summed E-state index contributed by atoms with van der Waals surface area (Å²) in [4.78, 5) is 6.23. The van der Waals surface area contributed by atoms with E-state index in [9.17, 15) is 10.2 Å². The third-order valence-corrected chi connectivity index (χ3v) is 6.68. The predicted molar refractivity (Wildman–Crippen MR) is 113 cm³/mol. The van der Waals surface area contributed by atoms with Gasteiger partial charge in [-0.25, -0.2) is 0 Å². The highest BCUT2D eigenvalue weighted by atomic mass is 32.1. The van der Waals surface area contributed by atoms with Crippen molar-refractivity contribution >= 4 is 28.9 Å². The molecule has 2 unspecified atom stereocenters. The molecule has 0 saturated heterocycles. The van der Waals surface area contributed by atoms with Crippen molar-refractivity contribution < 1.29 is 10.2 Å². The summed E-state index contributed by atoms with van der Waals surface area (Å²) in [6, 6.07) is 5.89. The van der Waals surface area contributed by atoms with Gasteiger partial charge in [0, 0.05) is 23.2 Å². The first-order valence-electron chi connectivity index (χ1n) is 9.48. The highest BCUT2D eigenvalue weighted by molar-refractivity contribution is 7.13. The Hall–Kier alpha value is -2.11. The zero-order chi connectivity index (χ0) is 19.4. The van der Waals surface area contributed by atoms with Crippen LogP contribution in [0.15, 0.2) is 43.2 Å². The average molecular weight is 385 g/mol. The van der Waals surface area contributed by atoms with Gasteiger partial charge >= 0.3 is 0 Å². The number of hydrogen-bond acceptors (Lipinski definition) is 5. The summed E-state index contributed by atoms with van der Waals surface area (Å²) in [5, 5.41) is 20.0. The Morgan fingerprint density at radius 3 is 2.93 bits per heavy atom. The number of nitrogen functional groups attached to an aromatic ring is 1. The van der Waals surface area contributed by atoms with E-state index in [1.54, 1.807) is 23.7 Å². The topological polar surface area (TPSA) is 79.4 Å². The van der Waals surface area contributed by atoms with Crippen LogP contribution in [0.1, 0.15) is 41.5 Å². The van der Waals surface area contributed by atoms with Gasteiger partial charge in [-0.05, 0) is 61.3 Å². The minimum atomic E-state index is -0.290. The number of nitrogens with zero attached hydrogens (tertiary/aromatic N) is 1. The lowest BCUT2D eigenvalue weighted by molar-refractivity contribution is 0.140. The van der Waals surface area contributed by atoms with Crippen molar-refractivity contribution in [2.45, 2.75) is 38.7 Å². The van der Waals surface area contributed by atoms with Crippen LogP contribution >= 0.6 is 11.3 Å². The minimum absolute atomic E-state index is 0.139. The van der Waals surface area contributed by atoms with Crippen molar-refractivity contribution in [1.82, 2.24) is 4.98 Å². The summed E-state index contributed by atoms with van der Waals surface area (Å²) in [7, 11) is 0. The summed E-state index contributed by atoms with van der Waals surface area (Å²) in [6.07, 6.45) is 11.3. The molecule has 2 aromatic heterocycles. The molecule has 4 N–H and O–H groups in total. The van der Waals surface area contributed by atoms with Gasteiger partial charge in [0.05, 0.1) is 16.7 Å². The fraction of sp³-hybridized carbons (Fsp3) is 0.409. The molecule has 1 aliphatic rings. The smallest absolute Gasteiger partial charge is 0.125 e. The molecule has 2 heterocycles. The van der Waals surface area contributed by atoms with E-state index in [4.69, 9.17) is 5.73 Å². The summed E-state index contributed by atoms with van der Waals surface area (Å²) in [5.41, 5.74) is 7.41. The molecular weight excluding hydrogens is 356 g/mol. The third kappa shape index (κ3) is 4.99. The van der Waals surface area contributed by atoms with Crippen LogP contribution in [0, 0.1) is 17.8 Å². The largest absolute Gasteiger partial charge is 0.507 e. The van der Waals surface area contributed by atoms with E-state index in [2.05, 4.69) is 30.6 Å². The van der Waals surface area contributed by atoms with Crippen LogP contribution in [0.5, 0.6) is 0 Å². The first-order valence-corrected chi connectivity index (χ1v) is 10.3. The molecule has 2 aromatic rings. The lowest BCUT2D eigenvalue weighted by Crippen LogP contribution is -2.18. The predicted octanol–water partition coefficient (Wildman–Crippen LogP) is 4.92. The standard InChI is InChI=1S/C22H28N2O2S/c1-14-10-21(26)20(8-6-16-11-17(23)13-24-12-16)19(14)5-3-4-18-7-9-22(27-18)15(2)25/h6-9,11-14,19-21,25-26H,2-5,10,23H2,1H3/b8-6+/t14?,19-,20?,21+/m0/s1. The molecule has 1 aliphatic carbocycles. The average Bonchev–Trinajstić information content (AvgIpc) is 3.19. The van der Waals surface area contributed by atoms with E-state index in [1.807, 2.05) is 18.2 Å². The van der Waals surface area contributed by atoms with Gasteiger partial charge in [-0.15, -0.1) is 11.3 Å². The van der Waals surface area contributed by atoms with Crippen LogP contribution in [-0.4, -0.2) is 21.3 Å². The molecule has 0 radical (unpaired) electrons. The summed E-state index contributed by atoms with van der Waals surface area (Å²) < 4.78 is 0. The Morgan fingerprint density at radius 2 is 2.22 bits per heavy atom. The van der Waals surface area contributed by atoms with Crippen LogP contribution in [-0.2, 0) is 6.42 Å². The number of anilines is 1. The molecule has 0 amide bonds. The number of aliphatic hydroxyl groups is 2. The fourth-order valence-corrected chi connectivity index (χ4v) is 5.01. The molecule has 27 heavy (non-hydrogen) atoms. The lowest BCUT2D eigenvalue weighted by Gasteiger charge is -2.21. The maximum absolute atomic E-state index is 10.5. The molecule has 0 bridgehead atoms. The van der Waals surface area contributed by atoms with Gasteiger partial charge in [0.15, 0.2) is 0 Å².